The Labute approximate surface area is 638 Å². The van der Waals surface area contributed by atoms with Crippen molar-refractivity contribution in [3.8, 4) is 49.4 Å². The Balaban J connectivity index is 0.000000272. The van der Waals surface area contributed by atoms with Crippen molar-refractivity contribution in [3.05, 3.63) is 108 Å². The molecular weight excluding hydrogens is 1530 g/mol. The minimum absolute atomic E-state index is 0.00130. The van der Waals surface area contributed by atoms with E-state index in [2.05, 4.69) is 53.1 Å². The molecule has 4 saturated heterocycles. The van der Waals surface area contributed by atoms with Crippen LogP contribution in [0.25, 0.3) is 0 Å². The molecule has 20 atom stereocenters. The molecule has 4 fully saturated rings. The molecule has 0 amide bonds. The number of nitrogens with one attached hydrogen (secondary N) is 4. The fraction of sp³-hybridized carbons (Fsp3) is 0.562. The number of aliphatic hydroxyl groups excluding tert-OH is 8. The van der Waals surface area contributed by atoms with Crippen LogP contribution in [0.1, 0.15) is 111 Å². The van der Waals surface area contributed by atoms with Crippen LogP contribution in [0.3, 0.4) is 0 Å². The highest BCUT2D eigenvalue weighted by molar-refractivity contribution is 7.72. The summed E-state index contributed by atoms with van der Waals surface area (Å²) in [4.78, 5) is 105. The molecule has 0 radical (unpaired) electrons. The number of H-pyrrole nitrogens is 4. The number of hydrogen-bond acceptors (Lipinski definition) is 32. The highest BCUT2D eigenvalue weighted by Gasteiger charge is 2.61. The van der Waals surface area contributed by atoms with Crippen molar-refractivity contribution in [2.24, 2.45) is 46.6 Å². The summed E-state index contributed by atoms with van der Waals surface area (Å²) in [7, 11) is 0. The third kappa shape index (κ3) is 20.3. The first kappa shape index (κ1) is 80.6. The summed E-state index contributed by atoms with van der Waals surface area (Å²) in [5.74, 6) is -11.2. The molecule has 4 aromatic rings. The van der Waals surface area contributed by atoms with E-state index >= 15 is 13.2 Å². The number of aliphatic hydroxyl groups is 8. The number of ether oxygens (including phenoxy) is 8. The molecule has 4 aromatic heterocycles. The SMILES string of the molecule is C#Cc1cn([C@@H]2O[C@](F)(COC(=O)[C@@H](N)C(C)C)[C@@H](O)[C@H]2O)c(=O)[nH]c1=S.[2H]C([2H])(OC(=O)[C@@H](N)C(C)C)[C@@]1(F)O[C@@H](n2cc(C#C)c(=S)[nH]c2=O)[C@H](O)[C@@H]1O.[2H]C([2H])(OC(=O)[C@@H](N)C(C)C)[C@@]1(F)O[C@@]([2H])(n2cc(C#C)c(=S)[nH]c2=O)[C@H](O)[C@@H]1O.[2H][C@@]1(n2cc(C#C)c(=S)[nH]c2=O)O[C@](F)(COC(=O)[C@@H](N)C(C)C)[C@@H](O)[C@H]1O. The zero-order chi connectivity index (χ0) is 87.5. The van der Waals surface area contributed by atoms with E-state index in [-0.39, 0.29) is 52.7 Å². The van der Waals surface area contributed by atoms with Gasteiger partial charge in [-0.05, 0) is 23.7 Å². The maximum atomic E-state index is 15.5. The smallest absolute Gasteiger partial charge is 0.328 e. The Bertz CT molecular complexity index is 5000. The first-order valence-electron chi connectivity index (χ1n) is 34.3. The van der Waals surface area contributed by atoms with E-state index < -0.39 is 206 Å². The number of aromatic amines is 4. The molecule has 8 heterocycles. The number of carbonyl (C=O) groups is 4. The molecule has 36 nitrogen and oxygen atoms in total. The molecule has 0 aromatic carbocycles. The van der Waals surface area contributed by atoms with Gasteiger partial charge in [-0.1, -0.05) is 128 Å². The van der Waals surface area contributed by atoms with Crippen molar-refractivity contribution in [1.29, 1.82) is 0 Å². The molecule has 4 aliphatic heterocycles. The van der Waals surface area contributed by atoms with E-state index in [0.29, 0.717) is 13.7 Å². The van der Waals surface area contributed by atoms with E-state index in [1.54, 1.807) is 41.5 Å². The summed E-state index contributed by atoms with van der Waals surface area (Å²) in [5.41, 5.74) is 18.3. The van der Waals surface area contributed by atoms with Crippen LogP contribution in [0.4, 0.5) is 17.6 Å². The normalized spacial score (nSPS) is 31.2. The van der Waals surface area contributed by atoms with E-state index in [1.165, 1.54) is 13.8 Å². The highest BCUT2D eigenvalue weighted by atomic mass is 32.1. The number of esters is 4. The summed E-state index contributed by atoms with van der Waals surface area (Å²) >= 11 is 19.4. The quantitative estimate of drug-likeness (QED) is 0.0141. The third-order valence-corrected chi connectivity index (χ3v) is 17.2. The number of nitrogens with zero attached hydrogens (tertiary/aromatic N) is 4. The van der Waals surface area contributed by atoms with Gasteiger partial charge in [0, 0.05) is 24.8 Å². The second-order valence-corrected chi connectivity index (χ2v) is 26.7. The van der Waals surface area contributed by atoms with Gasteiger partial charge in [0.2, 0.25) is 0 Å². The number of rotatable bonds is 20. The van der Waals surface area contributed by atoms with Crippen LogP contribution < -0.4 is 45.7 Å². The maximum Gasteiger partial charge on any atom is 0.328 e. The first-order valence-corrected chi connectivity index (χ1v) is 33.0. The molecular formula is C64H80F4N12O24S4. The maximum absolute atomic E-state index is 15.5. The molecule has 4 aliphatic rings. The van der Waals surface area contributed by atoms with Crippen molar-refractivity contribution in [2.75, 3.05) is 26.3 Å². The molecule has 0 unspecified atom stereocenters. The number of halogens is 4. The zero-order valence-electron chi connectivity index (χ0n) is 63.8. The van der Waals surface area contributed by atoms with Crippen LogP contribution >= 0.6 is 48.9 Å². The predicted molar refractivity (Wildman–Crippen MR) is 374 cm³/mol. The van der Waals surface area contributed by atoms with Crippen LogP contribution in [0.2, 0.25) is 0 Å². The van der Waals surface area contributed by atoms with Crippen LogP contribution in [0.15, 0.2) is 44.0 Å². The van der Waals surface area contributed by atoms with Crippen LogP contribution in [0.5, 0.6) is 0 Å². The Hall–Kier alpha value is -8.40. The third-order valence-electron chi connectivity index (χ3n) is 15.9. The monoisotopic (exact) mass is 1610 g/mol. The highest BCUT2D eigenvalue weighted by Crippen LogP contribution is 2.42. The number of carbonyl (C=O) groups excluding carboxylic acids is 4. The van der Waals surface area contributed by atoms with Gasteiger partial charge < -0.3 is 102 Å². The van der Waals surface area contributed by atoms with Gasteiger partial charge in [0.15, 0.2) is 51.2 Å². The molecule has 592 valence electrons. The lowest BCUT2D eigenvalue weighted by Crippen LogP contribution is -2.46. The van der Waals surface area contributed by atoms with Gasteiger partial charge in [0.05, 0.1) is 30.5 Å². The largest absolute Gasteiger partial charge is 0.458 e. The number of alkyl halides is 4. The van der Waals surface area contributed by atoms with Crippen molar-refractivity contribution in [1.82, 2.24) is 38.2 Å². The minimum Gasteiger partial charge on any atom is -0.458 e. The molecule has 0 aliphatic carbocycles. The lowest BCUT2D eigenvalue weighted by molar-refractivity contribution is -0.217. The van der Waals surface area contributed by atoms with E-state index in [4.69, 9.17) is 134 Å². The van der Waals surface area contributed by atoms with Gasteiger partial charge in [0.25, 0.3) is 23.4 Å². The van der Waals surface area contributed by atoms with Crippen LogP contribution in [-0.4, -0.2) is 226 Å². The topological polar surface area (TPSA) is 559 Å². The standard InChI is InChI=1S/4C16H20FN3O6S/c4*1-4-8-5-20(15(24)19-12(8)27)13-10(21)11(22)16(17,26-13)6-25-14(23)9(18)7(2)3/h4*1,5,7,9-11,13,21-22H,6,18H2,2-3H3,(H,19,24,27)/t4*9-,10+,11-,13+,16+/m0000/s1/i6D2,13D;13D;6D2;. The summed E-state index contributed by atoms with van der Waals surface area (Å²) in [6.07, 6.45) is -3.10. The first-order chi connectivity index (χ1) is 52.3. The minimum atomic E-state index is -3.96. The average Bonchev–Trinajstić information content (AvgIpc) is 1.56. The molecule has 108 heavy (non-hydrogen) atoms. The van der Waals surface area contributed by atoms with Gasteiger partial charge >= 0.3 is 46.6 Å². The second-order valence-electron chi connectivity index (χ2n) is 25.1. The van der Waals surface area contributed by atoms with Crippen molar-refractivity contribution in [3.63, 3.8) is 0 Å². The van der Waals surface area contributed by atoms with Gasteiger partial charge in [-0.2, -0.15) is 0 Å². The number of aromatic nitrogens is 8. The summed E-state index contributed by atoms with van der Waals surface area (Å²) in [5, 5.41) is 81.2. The van der Waals surface area contributed by atoms with Gasteiger partial charge in [-0.3, -0.25) is 57.4 Å². The molecule has 0 spiro atoms. The Kier molecular flexibility index (Phi) is 27.5. The second kappa shape index (κ2) is 36.9. The fourth-order valence-electron chi connectivity index (χ4n) is 8.97. The van der Waals surface area contributed by atoms with Gasteiger partial charge in [-0.15, -0.1) is 25.7 Å². The number of terminal acetylenes is 4. The van der Waals surface area contributed by atoms with Crippen LogP contribution in [0, 0.1) is 91.6 Å². The van der Waals surface area contributed by atoms with Crippen molar-refractivity contribution >= 4 is 72.7 Å². The molecule has 0 saturated carbocycles. The predicted octanol–water partition coefficient (Wildman–Crippen LogP) is -2.68. The van der Waals surface area contributed by atoms with Crippen molar-refractivity contribution in [2.45, 2.75) is 177 Å². The molecule has 0 bridgehead atoms. The van der Waals surface area contributed by atoms with Gasteiger partial charge in [-0.25, -0.2) is 36.7 Å². The average molecular weight is 1610 g/mol. The Morgan fingerprint density at radius 3 is 0.972 bits per heavy atom. The van der Waals surface area contributed by atoms with E-state index in [0.717, 1.165) is 29.4 Å². The van der Waals surface area contributed by atoms with Crippen LogP contribution in [-0.2, 0) is 57.1 Å². The molecule has 8 rings (SSSR count). The number of nitrogens with two attached hydrogens (primary N) is 4. The summed E-state index contributed by atoms with van der Waals surface area (Å²) < 4.78 is 148. The van der Waals surface area contributed by atoms with E-state index in [9.17, 15) is 83.6 Å². The lowest BCUT2D eigenvalue weighted by atomic mass is 10.1. The zero-order valence-corrected chi connectivity index (χ0v) is 61.0. The number of hydrogen-bond donors (Lipinski definition) is 16. The molecule has 44 heteroatoms. The van der Waals surface area contributed by atoms with Crippen molar-refractivity contribution < 1.29 is 124 Å². The Morgan fingerprint density at radius 2 is 0.676 bits per heavy atom. The van der Waals surface area contributed by atoms with E-state index in [1.807, 2.05) is 0 Å². The summed E-state index contributed by atoms with van der Waals surface area (Å²) in [6, 6.07) is -4.66. The Morgan fingerprint density at radius 1 is 0.454 bits per heavy atom. The molecule has 20 N–H and O–H groups in total. The fourth-order valence-corrected chi connectivity index (χ4v) is 9.77. The lowest BCUT2D eigenvalue weighted by Gasteiger charge is -2.24. The summed E-state index contributed by atoms with van der Waals surface area (Å²) in [6.45, 7) is 3.35. The van der Waals surface area contributed by atoms with Gasteiger partial charge in [0.1, 0.15) is 91.6 Å².